The first-order valence-electron chi connectivity index (χ1n) is 8.00. The Kier molecular flexibility index (Phi) is 6.53. The highest BCUT2D eigenvalue weighted by Gasteiger charge is 2.07. The van der Waals surface area contributed by atoms with Crippen LogP contribution < -0.4 is 11.1 Å². The highest BCUT2D eigenvalue weighted by molar-refractivity contribution is 5.96. The minimum Gasteiger partial charge on any atom is -0.384 e. The maximum atomic E-state index is 12.4. The fourth-order valence-corrected chi connectivity index (χ4v) is 2.56. The normalized spacial score (nSPS) is 9.85. The van der Waals surface area contributed by atoms with Crippen molar-refractivity contribution >= 4 is 24.1 Å². The Bertz CT molecular complexity index is 893. The second-order valence-corrected chi connectivity index (χ2v) is 5.74. The summed E-state index contributed by atoms with van der Waals surface area (Å²) < 4.78 is 0. The molecular weight excluding hydrogens is 346 g/mol. The van der Waals surface area contributed by atoms with Crippen LogP contribution in [0.3, 0.4) is 0 Å². The molecule has 0 aliphatic rings. The van der Waals surface area contributed by atoms with Crippen LogP contribution in [-0.4, -0.2) is 11.7 Å². The van der Waals surface area contributed by atoms with E-state index < -0.39 is 0 Å². The molecule has 132 valence electrons. The molecule has 3 rings (SSSR count). The Morgan fingerprint density at radius 3 is 2.15 bits per heavy atom. The Hall–Kier alpha value is -3.11. The summed E-state index contributed by atoms with van der Waals surface area (Å²) in [5.74, 6) is -0.0817. The molecule has 26 heavy (non-hydrogen) atoms. The average molecular weight is 366 g/mol. The SMILES string of the molecule is Cl.N=C(N)c1ccc(CNC(=O)c2cccc(-c3ccccc3)c2)cc1. The first-order valence-corrected chi connectivity index (χ1v) is 8.00. The van der Waals surface area contributed by atoms with Gasteiger partial charge in [-0.25, -0.2) is 0 Å². The minimum atomic E-state index is -0.117. The first-order chi connectivity index (χ1) is 12.1. The van der Waals surface area contributed by atoms with Crippen molar-refractivity contribution in [3.63, 3.8) is 0 Å². The zero-order valence-corrected chi connectivity index (χ0v) is 14.9. The van der Waals surface area contributed by atoms with E-state index in [1.54, 1.807) is 18.2 Å². The Labute approximate surface area is 159 Å². The molecule has 0 radical (unpaired) electrons. The topological polar surface area (TPSA) is 79.0 Å². The largest absolute Gasteiger partial charge is 0.384 e. The van der Waals surface area contributed by atoms with Crippen molar-refractivity contribution in [3.8, 4) is 11.1 Å². The van der Waals surface area contributed by atoms with E-state index in [2.05, 4.69) is 5.32 Å². The molecule has 5 heteroatoms. The molecule has 0 aliphatic carbocycles. The maximum Gasteiger partial charge on any atom is 0.251 e. The molecule has 3 aromatic rings. The molecule has 0 saturated carbocycles. The molecule has 0 spiro atoms. The van der Waals surface area contributed by atoms with Gasteiger partial charge in [-0.05, 0) is 28.8 Å². The lowest BCUT2D eigenvalue weighted by molar-refractivity contribution is 0.0951. The van der Waals surface area contributed by atoms with Gasteiger partial charge < -0.3 is 11.1 Å². The number of nitrogens with two attached hydrogens (primary N) is 1. The van der Waals surface area contributed by atoms with E-state index in [0.29, 0.717) is 17.7 Å². The Balaban J connectivity index is 0.00000243. The molecule has 0 fully saturated rings. The molecule has 4 nitrogen and oxygen atoms in total. The van der Waals surface area contributed by atoms with Crippen LogP contribution in [-0.2, 0) is 6.54 Å². The number of carbonyl (C=O) groups excluding carboxylic acids is 1. The van der Waals surface area contributed by atoms with Gasteiger partial charge in [0, 0.05) is 17.7 Å². The van der Waals surface area contributed by atoms with E-state index in [-0.39, 0.29) is 24.1 Å². The van der Waals surface area contributed by atoms with Crippen molar-refractivity contribution < 1.29 is 4.79 Å². The summed E-state index contributed by atoms with van der Waals surface area (Å²) in [6, 6.07) is 24.8. The van der Waals surface area contributed by atoms with Crippen molar-refractivity contribution in [3.05, 3.63) is 95.6 Å². The predicted octanol–water partition coefficient (Wildman–Crippen LogP) is 3.99. The number of carbonyl (C=O) groups is 1. The van der Waals surface area contributed by atoms with Crippen LogP contribution in [0.4, 0.5) is 0 Å². The van der Waals surface area contributed by atoms with Crippen LogP contribution in [0.15, 0.2) is 78.9 Å². The Morgan fingerprint density at radius 2 is 1.50 bits per heavy atom. The molecule has 0 aliphatic heterocycles. The second kappa shape index (κ2) is 8.83. The third-order valence-electron chi connectivity index (χ3n) is 3.95. The third-order valence-corrected chi connectivity index (χ3v) is 3.95. The zero-order valence-electron chi connectivity index (χ0n) is 14.1. The van der Waals surface area contributed by atoms with Gasteiger partial charge in [-0.2, -0.15) is 0 Å². The summed E-state index contributed by atoms with van der Waals surface area (Å²) in [7, 11) is 0. The van der Waals surface area contributed by atoms with Gasteiger partial charge in [0.05, 0.1) is 0 Å². The molecule has 0 heterocycles. The zero-order chi connectivity index (χ0) is 17.6. The van der Waals surface area contributed by atoms with E-state index >= 15 is 0 Å². The van der Waals surface area contributed by atoms with Crippen LogP contribution in [0.25, 0.3) is 11.1 Å². The number of hydrogen-bond acceptors (Lipinski definition) is 2. The highest BCUT2D eigenvalue weighted by Crippen LogP contribution is 2.20. The van der Waals surface area contributed by atoms with E-state index in [1.165, 1.54) is 0 Å². The Morgan fingerprint density at radius 1 is 0.846 bits per heavy atom. The number of nitrogen functional groups attached to an aromatic ring is 1. The van der Waals surface area contributed by atoms with Gasteiger partial charge in [-0.1, -0.05) is 66.7 Å². The van der Waals surface area contributed by atoms with Crippen LogP contribution in [0, 0.1) is 5.41 Å². The van der Waals surface area contributed by atoms with Crippen molar-refractivity contribution in [2.45, 2.75) is 6.54 Å². The molecule has 0 atom stereocenters. The lowest BCUT2D eigenvalue weighted by Crippen LogP contribution is -2.22. The average Bonchev–Trinajstić information content (AvgIpc) is 2.67. The van der Waals surface area contributed by atoms with E-state index in [0.717, 1.165) is 16.7 Å². The molecule has 0 aromatic heterocycles. The summed E-state index contributed by atoms with van der Waals surface area (Å²) in [5, 5.41) is 10.3. The molecule has 3 aromatic carbocycles. The van der Waals surface area contributed by atoms with E-state index in [4.69, 9.17) is 11.1 Å². The fraction of sp³-hybridized carbons (Fsp3) is 0.0476. The lowest BCUT2D eigenvalue weighted by Gasteiger charge is -2.08. The van der Waals surface area contributed by atoms with Gasteiger partial charge in [0.25, 0.3) is 5.91 Å². The molecular formula is C21H20ClN3O. The number of benzene rings is 3. The number of halogens is 1. The molecule has 1 amide bonds. The van der Waals surface area contributed by atoms with Gasteiger partial charge in [0.2, 0.25) is 0 Å². The number of nitrogens with one attached hydrogen (secondary N) is 2. The minimum absolute atomic E-state index is 0. The van der Waals surface area contributed by atoms with E-state index in [9.17, 15) is 4.79 Å². The number of amidine groups is 1. The lowest BCUT2D eigenvalue weighted by atomic mass is 10.0. The molecule has 0 unspecified atom stereocenters. The summed E-state index contributed by atoms with van der Waals surface area (Å²) in [4.78, 5) is 12.4. The third kappa shape index (κ3) is 4.71. The van der Waals surface area contributed by atoms with Gasteiger partial charge in [-0.3, -0.25) is 10.2 Å². The predicted molar refractivity (Wildman–Crippen MR) is 108 cm³/mol. The van der Waals surface area contributed by atoms with E-state index in [1.807, 2.05) is 60.7 Å². The van der Waals surface area contributed by atoms with Crippen LogP contribution in [0.1, 0.15) is 21.5 Å². The summed E-state index contributed by atoms with van der Waals surface area (Å²) >= 11 is 0. The smallest absolute Gasteiger partial charge is 0.251 e. The first kappa shape index (κ1) is 19.2. The standard InChI is InChI=1S/C21H19N3O.ClH/c22-20(23)17-11-9-15(10-12-17)14-24-21(25)19-8-4-7-18(13-19)16-5-2-1-3-6-16;/h1-13H,14H2,(H3,22,23)(H,24,25);1H. The maximum absolute atomic E-state index is 12.4. The van der Waals surface area contributed by atoms with Gasteiger partial charge >= 0.3 is 0 Å². The van der Waals surface area contributed by atoms with Crippen LogP contribution in [0.5, 0.6) is 0 Å². The highest BCUT2D eigenvalue weighted by atomic mass is 35.5. The van der Waals surface area contributed by atoms with Crippen molar-refractivity contribution in [2.24, 2.45) is 5.73 Å². The molecule has 0 saturated heterocycles. The van der Waals surface area contributed by atoms with Crippen LogP contribution >= 0.6 is 12.4 Å². The van der Waals surface area contributed by atoms with Crippen molar-refractivity contribution in [1.29, 1.82) is 5.41 Å². The summed E-state index contributed by atoms with van der Waals surface area (Å²) in [5.41, 5.74) is 9.79. The molecule has 0 bridgehead atoms. The number of rotatable bonds is 5. The van der Waals surface area contributed by atoms with Gasteiger partial charge in [-0.15, -0.1) is 12.4 Å². The van der Waals surface area contributed by atoms with Crippen molar-refractivity contribution in [1.82, 2.24) is 5.32 Å². The fourth-order valence-electron chi connectivity index (χ4n) is 2.56. The second-order valence-electron chi connectivity index (χ2n) is 5.74. The quantitative estimate of drug-likeness (QED) is 0.472. The van der Waals surface area contributed by atoms with Crippen molar-refractivity contribution in [2.75, 3.05) is 0 Å². The monoisotopic (exact) mass is 365 g/mol. The van der Waals surface area contributed by atoms with Gasteiger partial charge in [0.1, 0.15) is 5.84 Å². The van der Waals surface area contributed by atoms with Gasteiger partial charge in [0.15, 0.2) is 0 Å². The molecule has 4 N–H and O–H groups in total. The summed E-state index contributed by atoms with van der Waals surface area (Å²) in [6.45, 7) is 0.423. The summed E-state index contributed by atoms with van der Waals surface area (Å²) in [6.07, 6.45) is 0. The number of hydrogen-bond donors (Lipinski definition) is 3. The van der Waals surface area contributed by atoms with Crippen LogP contribution in [0.2, 0.25) is 0 Å². The number of amides is 1.